The standard InChI is InChI=1S/C19H14BrF2NO2/c1-11-2-3-12(6-16(11)22)9-23-17-5-4-14(21)8-15(17)19(20)13(10-24)7-18(23)25/h2-6,8,10H,7,9H2,1H3. The van der Waals surface area contributed by atoms with Crippen molar-refractivity contribution in [1.29, 1.82) is 0 Å². The lowest BCUT2D eigenvalue weighted by Crippen LogP contribution is -2.30. The van der Waals surface area contributed by atoms with Crippen LogP contribution in [0.25, 0.3) is 4.48 Å². The van der Waals surface area contributed by atoms with Crippen molar-refractivity contribution in [1.82, 2.24) is 0 Å². The first-order chi connectivity index (χ1) is 11.9. The fraction of sp³-hybridized carbons (Fsp3) is 0.158. The number of carbonyl (C=O) groups excluding carboxylic acids is 2. The highest BCUT2D eigenvalue weighted by Gasteiger charge is 2.27. The topological polar surface area (TPSA) is 37.4 Å². The molecular weight excluding hydrogens is 392 g/mol. The summed E-state index contributed by atoms with van der Waals surface area (Å²) in [6, 6.07) is 8.76. The van der Waals surface area contributed by atoms with E-state index in [1.54, 1.807) is 19.1 Å². The van der Waals surface area contributed by atoms with Crippen molar-refractivity contribution in [2.45, 2.75) is 19.9 Å². The van der Waals surface area contributed by atoms with Crippen molar-refractivity contribution in [2.75, 3.05) is 4.90 Å². The lowest BCUT2D eigenvalue weighted by atomic mass is 10.1. The van der Waals surface area contributed by atoms with Gasteiger partial charge < -0.3 is 4.90 Å². The lowest BCUT2D eigenvalue weighted by molar-refractivity contribution is -0.118. The summed E-state index contributed by atoms with van der Waals surface area (Å²) >= 11 is 3.30. The molecule has 1 amide bonds. The quantitative estimate of drug-likeness (QED) is 0.704. The van der Waals surface area contributed by atoms with Crippen LogP contribution in [0.2, 0.25) is 0 Å². The molecule has 0 bridgehead atoms. The number of benzene rings is 2. The minimum Gasteiger partial charge on any atom is -0.307 e. The Labute approximate surface area is 152 Å². The summed E-state index contributed by atoms with van der Waals surface area (Å²) in [5, 5.41) is 0. The van der Waals surface area contributed by atoms with Crippen LogP contribution in [0.5, 0.6) is 0 Å². The SMILES string of the molecule is Cc1ccc(CN2C(=O)CC(C=O)=C(Br)c3cc(F)ccc32)cc1F. The molecule has 1 aliphatic heterocycles. The van der Waals surface area contributed by atoms with Gasteiger partial charge in [-0.15, -0.1) is 0 Å². The number of fused-ring (bicyclic) bond motifs is 1. The number of rotatable bonds is 3. The van der Waals surface area contributed by atoms with Crippen molar-refractivity contribution < 1.29 is 18.4 Å². The van der Waals surface area contributed by atoms with Crippen molar-refractivity contribution in [3.63, 3.8) is 0 Å². The van der Waals surface area contributed by atoms with Gasteiger partial charge >= 0.3 is 0 Å². The second-order valence-electron chi connectivity index (χ2n) is 5.86. The third kappa shape index (κ3) is 3.39. The first-order valence-electron chi connectivity index (χ1n) is 7.60. The van der Waals surface area contributed by atoms with E-state index in [-0.39, 0.29) is 30.3 Å². The number of nitrogens with zero attached hydrogens (tertiary/aromatic N) is 1. The van der Waals surface area contributed by atoms with Crippen LogP contribution in [0.15, 0.2) is 42.0 Å². The maximum Gasteiger partial charge on any atom is 0.231 e. The van der Waals surface area contributed by atoms with Crippen LogP contribution in [0.3, 0.4) is 0 Å². The van der Waals surface area contributed by atoms with Gasteiger partial charge in [-0.3, -0.25) is 9.59 Å². The van der Waals surface area contributed by atoms with E-state index in [1.165, 1.54) is 29.2 Å². The summed E-state index contributed by atoms with van der Waals surface area (Å²) in [5.74, 6) is -1.14. The van der Waals surface area contributed by atoms with Crippen LogP contribution in [-0.4, -0.2) is 12.2 Å². The van der Waals surface area contributed by atoms with E-state index in [1.807, 2.05) is 0 Å². The highest BCUT2D eigenvalue weighted by atomic mass is 79.9. The van der Waals surface area contributed by atoms with Gasteiger partial charge in [0.2, 0.25) is 5.91 Å². The number of halogens is 3. The normalized spacial score (nSPS) is 14.4. The zero-order valence-corrected chi connectivity index (χ0v) is 14.9. The Hall–Kier alpha value is -2.34. The summed E-state index contributed by atoms with van der Waals surface area (Å²) in [6.07, 6.45) is 0.473. The Morgan fingerprint density at radius 1 is 1.20 bits per heavy atom. The summed E-state index contributed by atoms with van der Waals surface area (Å²) in [4.78, 5) is 25.4. The molecule has 3 rings (SSSR count). The molecule has 6 heteroatoms. The molecular formula is C19H14BrF2NO2. The lowest BCUT2D eigenvalue weighted by Gasteiger charge is -2.23. The average Bonchev–Trinajstić information content (AvgIpc) is 2.68. The number of aryl methyl sites for hydroxylation is 1. The van der Waals surface area contributed by atoms with Crippen molar-refractivity contribution in [3.8, 4) is 0 Å². The van der Waals surface area contributed by atoms with Gasteiger partial charge in [0.1, 0.15) is 17.9 Å². The van der Waals surface area contributed by atoms with Crippen molar-refractivity contribution >= 4 is 38.3 Å². The number of amides is 1. The largest absolute Gasteiger partial charge is 0.307 e. The minimum absolute atomic E-state index is 0.116. The molecule has 25 heavy (non-hydrogen) atoms. The fourth-order valence-corrected chi connectivity index (χ4v) is 3.30. The highest BCUT2D eigenvalue weighted by molar-refractivity contribution is 9.15. The van der Waals surface area contributed by atoms with E-state index in [2.05, 4.69) is 15.9 Å². The Morgan fingerprint density at radius 3 is 2.64 bits per heavy atom. The zero-order chi connectivity index (χ0) is 18.1. The molecule has 0 atom stereocenters. The molecule has 0 N–H and O–H groups in total. The fourth-order valence-electron chi connectivity index (χ4n) is 2.75. The van der Waals surface area contributed by atoms with E-state index < -0.39 is 5.82 Å². The van der Waals surface area contributed by atoms with Crippen LogP contribution in [0.1, 0.15) is 23.1 Å². The van der Waals surface area contributed by atoms with E-state index in [9.17, 15) is 18.4 Å². The third-order valence-corrected chi connectivity index (χ3v) is 5.07. The second kappa shape index (κ2) is 6.88. The highest BCUT2D eigenvalue weighted by Crippen LogP contribution is 2.38. The number of hydrogen-bond acceptors (Lipinski definition) is 2. The van der Waals surface area contributed by atoms with Gasteiger partial charge in [0.15, 0.2) is 0 Å². The maximum atomic E-state index is 13.8. The van der Waals surface area contributed by atoms with E-state index in [4.69, 9.17) is 0 Å². The van der Waals surface area contributed by atoms with Crippen LogP contribution < -0.4 is 4.90 Å². The van der Waals surface area contributed by atoms with Crippen LogP contribution >= 0.6 is 15.9 Å². The molecule has 2 aromatic rings. The molecule has 1 aliphatic rings. The molecule has 0 saturated carbocycles. The van der Waals surface area contributed by atoms with Crippen LogP contribution in [0.4, 0.5) is 14.5 Å². The van der Waals surface area contributed by atoms with E-state index in [0.717, 1.165) is 0 Å². The first-order valence-corrected chi connectivity index (χ1v) is 8.39. The summed E-state index contributed by atoms with van der Waals surface area (Å²) in [7, 11) is 0. The zero-order valence-electron chi connectivity index (χ0n) is 13.4. The first kappa shape index (κ1) is 17.5. The Kier molecular flexibility index (Phi) is 4.81. The minimum atomic E-state index is -0.475. The van der Waals surface area contributed by atoms with Crippen LogP contribution in [0, 0.1) is 18.6 Å². The Balaban J connectivity index is 2.09. The number of carbonyl (C=O) groups is 2. The van der Waals surface area contributed by atoms with Gasteiger partial charge in [-0.1, -0.05) is 12.1 Å². The summed E-state index contributed by atoms with van der Waals surface area (Å²) < 4.78 is 27.9. The monoisotopic (exact) mass is 405 g/mol. The molecule has 0 aromatic heterocycles. The molecule has 0 spiro atoms. The van der Waals surface area contributed by atoms with Crippen LogP contribution in [-0.2, 0) is 16.1 Å². The maximum absolute atomic E-state index is 13.8. The summed E-state index contributed by atoms with van der Waals surface area (Å²) in [5.41, 5.74) is 2.25. The smallest absolute Gasteiger partial charge is 0.231 e. The number of hydrogen-bond donors (Lipinski definition) is 0. The summed E-state index contributed by atoms with van der Waals surface area (Å²) in [6.45, 7) is 1.78. The number of anilines is 1. The van der Waals surface area contributed by atoms with E-state index in [0.29, 0.717) is 33.1 Å². The van der Waals surface area contributed by atoms with Gasteiger partial charge in [0.25, 0.3) is 0 Å². The number of aldehydes is 1. The van der Waals surface area contributed by atoms with Gasteiger partial charge in [0, 0.05) is 15.6 Å². The molecule has 0 aliphatic carbocycles. The molecule has 0 fully saturated rings. The molecule has 1 heterocycles. The van der Waals surface area contributed by atoms with Crippen molar-refractivity contribution in [3.05, 3.63) is 70.3 Å². The van der Waals surface area contributed by atoms with E-state index >= 15 is 0 Å². The average molecular weight is 406 g/mol. The molecule has 3 nitrogen and oxygen atoms in total. The Bertz CT molecular complexity index is 908. The molecule has 0 saturated heterocycles. The van der Waals surface area contributed by atoms with Gasteiger partial charge in [0.05, 0.1) is 18.7 Å². The Morgan fingerprint density at radius 2 is 1.96 bits per heavy atom. The second-order valence-corrected chi connectivity index (χ2v) is 6.65. The van der Waals surface area contributed by atoms with Gasteiger partial charge in [-0.2, -0.15) is 0 Å². The molecule has 0 radical (unpaired) electrons. The predicted octanol–water partition coefficient (Wildman–Crippen LogP) is 4.52. The predicted molar refractivity (Wildman–Crippen MR) is 95.3 cm³/mol. The third-order valence-electron chi connectivity index (χ3n) is 4.13. The molecule has 128 valence electrons. The van der Waals surface area contributed by atoms with Gasteiger partial charge in [-0.25, -0.2) is 8.78 Å². The molecule has 2 aromatic carbocycles. The van der Waals surface area contributed by atoms with Crippen molar-refractivity contribution in [2.24, 2.45) is 0 Å². The van der Waals surface area contributed by atoms with Gasteiger partial charge in [-0.05, 0) is 58.2 Å². The molecule has 0 unspecified atom stereocenters.